The number of nitrogen functional groups attached to an aromatic ring is 1. The van der Waals surface area contributed by atoms with Crippen LogP contribution in [0.1, 0.15) is 0 Å². The van der Waals surface area contributed by atoms with E-state index in [1.165, 1.54) is 5.39 Å². The van der Waals surface area contributed by atoms with Gasteiger partial charge in [-0.05, 0) is 17.5 Å². The molecular formula is C10H11N2+. The summed E-state index contributed by atoms with van der Waals surface area (Å²) in [5.41, 5.74) is 5.88. The van der Waals surface area contributed by atoms with Gasteiger partial charge in [-0.1, -0.05) is 18.2 Å². The molecule has 0 saturated carbocycles. The monoisotopic (exact) mass is 159 g/mol. The molecule has 2 rings (SSSR count). The SMILES string of the molecule is C[n+]1ccc2ccccc2c1N. The van der Waals surface area contributed by atoms with Crippen molar-refractivity contribution in [3.05, 3.63) is 36.5 Å². The van der Waals surface area contributed by atoms with E-state index in [1.54, 1.807) is 0 Å². The zero-order valence-corrected chi connectivity index (χ0v) is 6.99. The molecule has 0 aliphatic heterocycles. The summed E-state index contributed by atoms with van der Waals surface area (Å²) in [6.07, 6.45) is 1.97. The number of fused-ring (bicyclic) bond motifs is 1. The third-order valence-corrected chi connectivity index (χ3v) is 2.09. The number of nitrogens with two attached hydrogens (primary N) is 1. The molecule has 0 aliphatic rings. The van der Waals surface area contributed by atoms with Crippen molar-refractivity contribution < 1.29 is 4.57 Å². The van der Waals surface area contributed by atoms with Gasteiger partial charge in [0.15, 0.2) is 0 Å². The Kier molecular flexibility index (Phi) is 1.47. The summed E-state index contributed by atoms with van der Waals surface area (Å²) in [4.78, 5) is 0. The highest BCUT2D eigenvalue weighted by molar-refractivity contribution is 5.89. The third-order valence-electron chi connectivity index (χ3n) is 2.09. The molecule has 0 saturated heterocycles. The number of aromatic nitrogens is 1. The highest BCUT2D eigenvalue weighted by Crippen LogP contribution is 2.15. The van der Waals surface area contributed by atoms with Crippen LogP contribution in [0.3, 0.4) is 0 Å². The first-order valence-corrected chi connectivity index (χ1v) is 3.92. The molecule has 1 aromatic heterocycles. The number of nitrogens with zero attached hydrogens (tertiary/aromatic N) is 1. The Hall–Kier alpha value is -1.57. The van der Waals surface area contributed by atoms with Gasteiger partial charge in [0.1, 0.15) is 0 Å². The lowest BCUT2D eigenvalue weighted by atomic mass is 10.1. The van der Waals surface area contributed by atoms with E-state index in [9.17, 15) is 0 Å². The lowest BCUT2D eigenvalue weighted by Crippen LogP contribution is -2.31. The zero-order chi connectivity index (χ0) is 8.55. The topological polar surface area (TPSA) is 29.9 Å². The van der Waals surface area contributed by atoms with Crippen LogP contribution in [-0.4, -0.2) is 0 Å². The summed E-state index contributed by atoms with van der Waals surface area (Å²) in [6.45, 7) is 0. The fourth-order valence-corrected chi connectivity index (χ4v) is 1.34. The normalized spacial score (nSPS) is 10.4. The number of pyridine rings is 1. The van der Waals surface area contributed by atoms with E-state index < -0.39 is 0 Å². The predicted molar refractivity (Wildman–Crippen MR) is 49.5 cm³/mol. The van der Waals surface area contributed by atoms with Gasteiger partial charge in [0.2, 0.25) is 0 Å². The highest BCUT2D eigenvalue weighted by atomic mass is 15.0. The maximum Gasteiger partial charge on any atom is 0.280 e. The lowest BCUT2D eigenvalue weighted by molar-refractivity contribution is -0.655. The van der Waals surface area contributed by atoms with Crippen molar-refractivity contribution in [2.45, 2.75) is 0 Å². The Bertz CT molecular complexity index is 421. The maximum absolute atomic E-state index is 5.88. The first-order valence-electron chi connectivity index (χ1n) is 3.92. The van der Waals surface area contributed by atoms with Gasteiger partial charge in [0.05, 0.1) is 18.6 Å². The van der Waals surface area contributed by atoms with E-state index >= 15 is 0 Å². The molecule has 0 unspecified atom stereocenters. The molecule has 0 bridgehead atoms. The largest absolute Gasteiger partial charge is 0.286 e. The van der Waals surface area contributed by atoms with Gasteiger partial charge in [0, 0.05) is 0 Å². The highest BCUT2D eigenvalue weighted by Gasteiger charge is 2.03. The average molecular weight is 159 g/mol. The minimum atomic E-state index is 0.813. The summed E-state index contributed by atoms with van der Waals surface area (Å²) in [6, 6.07) is 10.2. The van der Waals surface area contributed by atoms with Gasteiger partial charge in [-0.2, -0.15) is 0 Å². The number of benzene rings is 1. The van der Waals surface area contributed by atoms with E-state index in [0.717, 1.165) is 11.2 Å². The predicted octanol–water partition coefficient (Wildman–Crippen LogP) is 1.25. The molecule has 0 atom stereocenters. The minimum absolute atomic E-state index is 0.813. The summed E-state index contributed by atoms with van der Waals surface area (Å²) in [7, 11) is 1.95. The molecule has 2 N–H and O–H groups in total. The van der Waals surface area contributed by atoms with Crippen molar-refractivity contribution in [3.63, 3.8) is 0 Å². The maximum atomic E-state index is 5.88. The van der Waals surface area contributed by atoms with Crippen LogP contribution in [0.25, 0.3) is 10.8 Å². The molecule has 0 amide bonds. The van der Waals surface area contributed by atoms with Crippen molar-refractivity contribution in [1.82, 2.24) is 0 Å². The Morgan fingerprint density at radius 3 is 2.75 bits per heavy atom. The molecule has 0 fully saturated rings. The van der Waals surface area contributed by atoms with E-state index in [4.69, 9.17) is 5.73 Å². The molecule has 0 radical (unpaired) electrons. The van der Waals surface area contributed by atoms with Crippen LogP contribution in [0.2, 0.25) is 0 Å². The Morgan fingerprint density at radius 2 is 1.92 bits per heavy atom. The first kappa shape index (κ1) is 7.10. The van der Waals surface area contributed by atoms with Gasteiger partial charge >= 0.3 is 0 Å². The van der Waals surface area contributed by atoms with Crippen molar-refractivity contribution >= 4 is 16.6 Å². The number of hydrogen-bond donors (Lipinski definition) is 1. The smallest absolute Gasteiger partial charge is 0.280 e. The quantitative estimate of drug-likeness (QED) is 0.576. The van der Waals surface area contributed by atoms with Crippen LogP contribution in [0.15, 0.2) is 36.5 Å². The van der Waals surface area contributed by atoms with Gasteiger partial charge in [-0.15, -0.1) is 0 Å². The Labute approximate surface area is 71.2 Å². The van der Waals surface area contributed by atoms with Crippen LogP contribution >= 0.6 is 0 Å². The Balaban J connectivity index is 2.91. The average Bonchev–Trinajstić information content (AvgIpc) is 2.12. The molecule has 60 valence electrons. The zero-order valence-electron chi connectivity index (χ0n) is 6.99. The van der Waals surface area contributed by atoms with Crippen LogP contribution in [0.4, 0.5) is 5.82 Å². The van der Waals surface area contributed by atoms with Gasteiger partial charge < -0.3 is 0 Å². The van der Waals surface area contributed by atoms with Crippen LogP contribution in [0.5, 0.6) is 0 Å². The fourth-order valence-electron chi connectivity index (χ4n) is 1.34. The van der Waals surface area contributed by atoms with Crippen molar-refractivity contribution in [1.29, 1.82) is 0 Å². The first-order chi connectivity index (χ1) is 5.79. The van der Waals surface area contributed by atoms with Gasteiger partial charge in [-0.3, -0.25) is 5.73 Å². The summed E-state index contributed by atoms with van der Waals surface area (Å²) < 4.78 is 1.92. The third kappa shape index (κ3) is 0.925. The van der Waals surface area contributed by atoms with Crippen molar-refractivity contribution in [3.8, 4) is 0 Å². The second-order valence-corrected chi connectivity index (χ2v) is 2.90. The minimum Gasteiger partial charge on any atom is -0.286 e. The fraction of sp³-hybridized carbons (Fsp3) is 0.100. The van der Waals surface area contributed by atoms with Gasteiger partial charge in [-0.25, -0.2) is 4.57 Å². The standard InChI is InChI=1S/C10H10N2/c1-12-7-6-8-4-2-3-5-9(8)10(12)11/h2-7,11H,1H3/p+1. The molecule has 2 heteroatoms. The van der Waals surface area contributed by atoms with E-state index in [2.05, 4.69) is 12.1 Å². The second kappa shape index (κ2) is 2.48. The van der Waals surface area contributed by atoms with Gasteiger partial charge in [0.25, 0.3) is 5.82 Å². The second-order valence-electron chi connectivity index (χ2n) is 2.90. The molecule has 2 aromatic rings. The molecule has 1 heterocycles. The lowest BCUT2D eigenvalue weighted by Gasteiger charge is -1.99. The Morgan fingerprint density at radius 1 is 1.17 bits per heavy atom. The molecule has 1 aromatic carbocycles. The molecule has 2 nitrogen and oxygen atoms in total. The van der Waals surface area contributed by atoms with Crippen molar-refractivity contribution in [2.24, 2.45) is 7.05 Å². The number of rotatable bonds is 0. The summed E-state index contributed by atoms with van der Waals surface area (Å²) >= 11 is 0. The van der Waals surface area contributed by atoms with Crippen LogP contribution < -0.4 is 10.3 Å². The molecule has 12 heavy (non-hydrogen) atoms. The molecular weight excluding hydrogens is 148 g/mol. The van der Waals surface area contributed by atoms with E-state index in [1.807, 2.05) is 36.0 Å². The van der Waals surface area contributed by atoms with Crippen LogP contribution in [0, 0.1) is 0 Å². The summed E-state index contributed by atoms with van der Waals surface area (Å²) in [5.74, 6) is 0.813. The number of hydrogen-bond acceptors (Lipinski definition) is 1. The number of anilines is 1. The molecule has 0 spiro atoms. The van der Waals surface area contributed by atoms with Crippen molar-refractivity contribution in [2.75, 3.05) is 5.73 Å². The van der Waals surface area contributed by atoms with E-state index in [-0.39, 0.29) is 0 Å². The van der Waals surface area contributed by atoms with E-state index in [0.29, 0.717) is 0 Å². The molecule has 0 aliphatic carbocycles. The van der Waals surface area contributed by atoms with Crippen LogP contribution in [-0.2, 0) is 7.05 Å². The number of aryl methyl sites for hydroxylation is 1. The summed E-state index contributed by atoms with van der Waals surface area (Å²) in [5, 5.41) is 2.30.